The molecule has 1 heterocycles. The Morgan fingerprint density at radius 2 is 2.14 bits per heavy atom. The number of aromatic nitrogens is 2. The maximum absolute atomic E-state index is 5.97. The zero-order valence-electron chi connectivity index (χ0n) is 7.51. The van der Waals surface area contributed by atoms with Crippen LogP contribution in [0.3, 0.4) is 0 Å². The molecule has 3 nitrogen and oxygen atoms in total. The van der Waals surface area contributed by atoms with Gasteiger partial charge in [-0.05, 0) is 19.1 Å². The topological polar surface area (TPSA) is 54.7 Å². The van der Waals surface area contributed by atoms with Gasteiger partial charge in [-0.15, -0.1) is 0 Å². The third-order valence-electron chi connectivity index (χ3n) is 1.95. The molecule has 74 valence electrons. The Morgan fingerprint density at radius 1 is 1.43 bits per heavy atom. The van der Waals surface area contributed by atoms with Gasteiger partial charge in [0.25, 0.3) is 0 Å². The Morgan fingerprint density at radius 3 is 2.79 bits per heavy atom. The van der Waals surface area contributed by atoms with Gasteiger partial charge in [0.2, 0.25) is 0 Å². The summed E-state index contributed by atoms with van der Waals surface area (Å²) in [6.07, 6.45) is 0. The van der Waals surface area contributed by atoms with Crippen LogP contribution in [0.2, 0.25) is 10.0 Å². The third kappa shape index (κ3) is 1.59. The lowest BCUT2D eigenvalue weighted by Gasteiger charge is -1.96. The minimum atomic E-state index is -0.141. The molecule has 1 aromatic heterocycles. The molecule has 2 aromatic rings. The van der Waals surface area contributed by atoms with Gasteiger partial charge >= 0.3 is 0 Å². The summed E-state index contributed by atoms with van der Waals surface area (Å²) in [5.74, 6) is 0.712. The minimum Gasteiger partial charge on any atom is -0.341 e. The number of aromatic amines is 1. The molecule has 1 unspecified atom stereocenters. The maximum Gasteiger partial charge on any atom is 0.124 e. The van der Waals surface area contributed by atoms with Crippen LogP contribution in [0, 0.1) is 0 Å². The van der Waals surface area contributed by atoms with E-state index in [0.717, 1.165) is 5.52 Å². The van der Waals surface area contributed by atoms with Gasteiger partial charge in [-0.2, -0.15) is 0 Å². The van der Waals surface area contributed by atoms with Crippen LogP contribution in [-0.4, -0.2) is 9.97 Å². The first-order chi connectivity index (χ1) is 6.58. The van der Waals surface area contributed by atoms with Crippen molar-refractivity contribution in [2.24, 2.45) is 5.73 Å². The van der Waals surface area contributed by atoms with Gasteiger partial charge < -0.3 is 10.7 Å². The lowest BCUT2D eigenvalue weighted by Crippen LogP contribution is -2.06. The Labute approximate surface area is 91.2 Å². The summed E-state index contributed by atoms with van der Waals surface area (Å²) in [5.41, 5.74) is 7.22. The largest absolute Gasteiger partial charge is 0.341 e. The molecule has 0 amide bonds. The molecule has 1 aromatic carbocycles. The van der Waals surface area contributed by atoms with Crippen molar-refractivity contribution < 1.29 is 0 Å². The number of nitrogens with two attached hydrogens (primary N) is 1. The van der Waals surface area contributed by atoms with E-state index in [-0.39, 0.29) is 6.04 Å². The van der Waals surface area contributed by atoms with Crippen molar-refractivity contribution in [2.45, 2.75) is 13.0 Å². The van der Waals surface area contributed by atoms with Crippen molar-refractivity contribution in [1.29, 1.82) is 0 Å². The second kappa shape index (κ2) is 3.42. The molecule has 5 heteroatoms. The summed E-state index contributed by atoms with van der Waals surface area (Å²) in [4.78, 5) is 7.35. The minimum absolute atomic E-state index is 0.141. The van der Waals surface area contributed by atoms with E-state index in [0.29, 0.717) is 21.4 Å². The molecule has 0 aliphatic heterocycles. The fourth-order valence-electron chi connectivity index (χ4n) is 1.28. The number of fused-ring (bicyclic) bond motifs is 1. The van der Waals surface area contributed by atoms with Crippen molar-refractivity contribution in [1.82, 2.24) is 9.97 Å². The van der Waals surface area contributed by atoms with Crippen molar-refractivity contribution in [2.75, 3.05) is 0 Å². The van der Waals surface area contributed by atoms with E-state index in [1.54, 1.807) is 12.1 Å². The van der Waals surface area contributed by atoms with Crippen molar-refractivity contribution in [3.8, 4) is 0 Å². The van der Waals surface area contributed by atoms with Gasteiger partial charge in [-0.3, -0.25) is 0 Å². The van der Waals surface area contributed by atoms with E-state index in [9.17, 15) is 0 Å². The van der Waals surface area contributed by atoms with E-state index >= 15 is 0 Å². The highest BCUT2D eigenvalue weighted by Gasteiger charge is 2.09. The summed E-state index contributed by atoms with van der Waals surface area (Å²) in [6, 6.07) is 3.30. The molecule has 14 heavy (non-hydrogen) atoms. The van der Waals surface area contributed by atoms with Gasteiger partial charge in [0, 0.05) is 5.02 Å². The molecule has 1 atom stereocenters. The highest BCUT2D eigenvalue weighted by Crippen LogP contribution is 2.26. The van der Waals surface area contributed by atoms with Crippen LogP contribution in [0.4, 0.5) is 0 Å². The monoisotopic (exact) mass is 229 g/mol. The van der Waals surface area contributed by atoms with Gasteiger partial charge in [-0.1, -0.05) is 23.2 Å². The van der Waals surface area contributed by atoms with E-state index < -0.39 is 0 Å². The molecular weight excluding hydrogens is 221 g/mol. The van der Waals surface area contributed by atoms with Crippen molar-refractivity contribution in [3.63, 3.8) is 0 Å². The predicted octanol–water partition coefficient (Wildman–Crippen LogP) is 2.89. The van der Waals surface area contributed by atoms with E-state index in [4.69, 9.17) is 28.9 Å². The van der Waals surface area contributed by atoms with Crippen molar-refractivity contribution >= 4 is 34.2 Å². The van der Waals surface area contributed by atoms with Crippen molar-refractivity contribution in [3.05, 3.63) is 28.0 Å². The number of nitrogens with zero attached hydrogens (tertiary/aromatic N) is 1. The highest BCUT2D eigenvalue weighted by molar-refractivity contribution is 6.38. The fraction of sp³-hybridized carbons (Fsp3) is 0.222. The normalized spacial score (nSPS) is 13.4. The quantitative estimate of drug-likeness (QED) is 0.791. The zero-order valence-corrected chi connectivity index (χ0v) is 9.02. The Balaban J connectivity index is 2.70. The summed E-state index contributed by atoms with van der Waals surface area (Å²) < 4.78 is 0. The van der Waals surface area contributed by atoms with Crippen LogP contribution in [0.25, 0.3) is 11.0 Å². The molecule has 0 spiro atoms. The van der Waals surface area contributed by atoms with Crippen LogP contribution in [-0.2, 0) is 0 Å². The number of rotatable bonds is 1. The van der Waals surface area contributed by atoms with Gasteiger partial charge in [0.15, 0.2) is 0 Å². The molecule has 0 aliphatic carbocycles. The van der Waals surface area contributed by atoms with E-state index in [2.05, 4.69) is 9.97 Å². The lowest BCUT2D eigenvalue weighted by atomic mass is 10.3. The Hall–Kier alpha value is -0.770. The molecule has 0 bridgehead atoms. The summed E-state index contributed by atoms with van der Waals surface area (Å²) in [6.45, 7) is 1.85. The Bertz CT molecular complexity index is 476. The fourth-order valence-corrected chi connectivity index (χ4v) is 1.81. The summed E-state index contributed by atoms with van der Waals surface area (Å²) in [7, 11) is 0. The van der Waals surface area contributed by atoms with Crippen LogP contribution in [0.15, 0.2) is 12.1 Å². The first-order valence-electron chi connectivity index (χ1n) is 4.18. The van der Waals surface area contributed by atoms with Crippen LogP contribution >= 0.6 is 23.2 Å². The molecule has 0 fully saturated rings. The number of halogens is 2. The number of H-pyrrole nitrogens is 1. The Kier molecular flexibility index (Phi) is 2.39. The third-order valence-corrected chi connectivity index (χ3v) is 2.46. The van der Waals surface area contributed by atoms with Crippen LogP contribution in [0.5, 0.6) is 0 Å². The van der Waals surface area contributed by atoms with Gasteiger partial charge in [-0.25, -0.2) is 4.98 Å². The number of benzene rings is 1. The zero-order chi connectivity index (χ0) is 10.3. The summed E-state index contributed by atoms with van der Waals surface area (Å²) in [5, 5.41) is 1.12. The first-order valence-corrected chi connectivity index (χ1v) is 4.94. The molecule has 3 N–H and O–H groups in total. The van der Waals surface area contributed by atoms with Crippen LogP contribution < -0.4 is 5.73 Å². The highest BCUT2D eigenvalue weighted by atomic mass is 35.5. The maximum atomic E-state index is 5.97. The van der Waals surface area contributed by atoms with Gasteiger partial charge in [0.05, 0.1) is 16.6 Å². The van der Waals surface area contributed by atoms with E-state index in [1.807, 2.05) is 6.92 Å². The first kappa shape index (κ1) is 9.77. The number of hydrogen-bond acceptors (Lipinski definition) is 2. The number of imidazole rings is 1. The van der Waals surface area contributed by atoms with Crippen LogP contribution in [0.1, 0.15) is 18.8 Å². The number of hydrogen-bond donors (Lipinski definition) is 2. The molecule has 0 aliphatic rings. The summed E-state index contributed by atoms with van der Waals surface area (Å²) >= 11 is 11.8. The smallest absolute Gasteiger partial charge is 0.124 e. The predicted molar refractivity (Wildman–Crippen MR) is 58.7 cm³/mol. The van der Waals surface area contributed by atoms with E-state index in [1.165, 1.54) is 0 Å². The second-order valence-electron chi connectivity index (χ2n) is 3.19. The number of nitrogens with one attached hydrogen (secondary N) is 1. The molecule has 0 saturated carbocycles. The lowest BCUT2D eigenvalue weighted by molar-refractivity contribution is 0.760. The van der Waals surface area contributed by atoms with Gasteiger partial charge in [0.1, 0.15) is 11.3 Å². The average molecular weight is 230 g/mol. The SMILES string of the molecule is CC(N)c1nc2c(Cl)cc(Cl)cc2[nH]1. The average Bonchev–Trinajstić information content (AvgIpc) is 2.47. The molecule has 0 saturated heterocycles. The second-order valence-corrected chi connectivity index (χ2v) is 4.04. The molecular formula is C9H9Cl2N3. The molecule has 2 rings (SSSR count). The standard InChI is InChI=1S/C9H9Cl2N3/c1-4(12)9-13-7-3-5(10)2-6(11)8(7)14-9/h2-4H,12H2,1H3,(H,13,14). The molecule has 0 radical (unpaired) electrons.